The molecule has 0 radical (unpaired) electrons. The summed E-state index contributed by atoms with van der Waals surface area (Å²) in [7, 11) is 0. The number of rotatable bonds is 18. The highest BCUT2D eigenvalue weighted by atomic mass is 16.6. The Bertz CT molecular complexity index is 1730. The molecule has 11 heteroatoms. The Morgan fingerprint density at radius 3 is 1.81 bits per heavy atom. The zero-order chi connectivity index (χ0) is 39.9. The van der Waals surface area contributed by atoms with Gasteiger partial charge in [-0.1, -0.05) is 94.1 Å². The van der Waals surface area contributed by atoms with Crippen LogP contribution in [-0.2, 0) is 44.8 Å². The number of aliphatic carboxylic acids is 2. The summed E-state index contributed by atoms with van der Waals surface area (Å²) in [4.78, 5) is 55.0. The SMILES string of the molecule is C=C(C)C(=O)OCCOC(C)=O.C=C(CC=C(CCC(C)O)C(=O)O)C(=O)OCc1c2ccccc2cc2ccccc12.C=C(CCCCC)C(=O)O. The number of carboxylic acids is 2. The fourth-order valence-corrected chi connectivity index (χ4v) is 4.63. The van der Waals surface area contributed by atoms with Crippen LogP contribution in [0.2, 0.25) is 0 Å². The third kappa shape index (κ3) is 18.0. The molecule has 11 nitrogen and oxygen atoms in total. The van der Waals surface area contributed by atoms with Crippen molar-refractivity contribution in [1.82, 2.24) is 0 Å². The molecule has 0 spiro atoms. The van der Waals surface area contributed by atoms with Crippen LogP contribution in [-0.4, -0.2) is 64.5 Å². The summed E-state index contributed by atoms with van der Waals surface area (Å²) in [5.41, 5.74) is 1.91. The number of carboxylic acid groups (broad SMARTS) is 2. The topological polar surface area (TPSA) is 174 Å². The van der Waals surface area contributed by atoms with E-state index >= 15 is 0 Å². The van der Waals surface area contributed by atoms with Gasteiger partial charge in [-0.2, -0.15) is 0 Å². The number of ether oxygens (including phenoxy) is 3. The first kappa shape index (κ1) is 45.5. The summed E-state index contributed by atoms with van der Waals surface area (Å²) in [6, 6.07) is 18.0. The minimum absolute atomic E-state index is 0.0747. The number of aliphatic hydroxyl groups excluding tert-OH is 1. The number of fused-ring (bicyclic) bond motifs is 2. The molecule has 53 heavy (non-hydrogen) atoms. The Labute approximate surface area is 311 Å². The van der Waals surface area contributed by atoms with Crippen molar-refractivity contribution >= 4 is 51.4 Å². The highest BCUT2D eigenvalue weighted by Gasteiger charge is 2.14. The molecule has 0 amide bonds. The molecule has 0 heterocycles. The van der Waals surface area contributed by atoms with Crippen LogP contribution in [0.4, 0.5) is 0 Å². The first-order chi connectivity index (χ1) is 25.1. The zero-order valence-corrected chi connectivity index (χ0v) is 31.2. The lowest BCUT2D eigenvalue weighted by Crippen LogP contribution is -2.12. The van der Waals surface area contributed by atoms with Gasteiger partial charge in [0, 0.05) is 34.8 Å². The fraction of sp³-hybridized carbons (Fsp3) is 0.357. The van der Waals surface area contributed by atoms with E-state index in [4.69, 9.17) is 9.84 Å². The van der Waals surface area contributed by atoms with Crippen LogP contribution in [0, 0.1) is 0 Å². The van der Waals surface area contributed by atoms with Gasteiger partial charge in [0.2, 0.25) is 0 Å². The molecule has 1 atom stereocenters. The molecule has 3 aromatic rings. The summed E-state index contributed by atoms with van der Waals surface area (Å²) >= 11 is 0. The van der Waals surface area contributed by atoms with E-state index in [0.717, 1.165) is 46.4 Å². The van der Waals surface area contributed by atoms with Crippen LogP contribution in [0.25, 0.3) is 21.5 Å². The lowest BCUT2D eigenvalue weighted by atomic mass is 9.97. The number of esters is 3. The molecule has 0 bridgehead atoms. The number of benzene rings is 3. The molecule has 0 fully saturated rings. The normalized spacial score (nSPS) is 11.2. The molecule has 3 aromatic carbocycles. The Morgan fingerprint density at radius 2 is 1.32 bits per heavy atom. The maximum absolute atomic E-state index is 12.5. The van der Waals surface area contributed by atoms with Gasteiger partial charge < -0.3 is 29.5 Å². The van der Waals surface area contributed by atoms with Crippen molar-refractivity contribution in [2.45, 2.75) is 85.4 Å². The Kier molecular flexibility index (Phi) is 21.1. The van der Waals surface area contributed by atoms with Crippen molar-refractivity contribution in [2.24, 2.45) is 0 Å². The highest BCUT2D eigenvalue weighted by Crippen LogP contribution is 2.29. The Morgan fingerprint density at radius 1 is 0.755 bits per heavy atom. The van der Waals surface area contributed by atoms with Crippen LogP contribution in [0.3, 0.4) is 0 Å². The smallest absolute Gasteiger partial charge is 0.334 e. The number of carbonyl (C=O) groups is 5. The van der Waals surface area contributed by atoms with E-state index in [1.165, 1.54) is 13.0 Å². The monoisotopic (exact) mass is 732 g/mol. The molecule has 0 aliphatic heterocycles. The molecular weight excluding hydrogens is 680 g/mol. The highest BCUT2D eigenvalue weighted by molar-refractivity contribution is 6.02. The average Bonchev–Trinajstić information content (AvgIpc) is 3.11. The molecule has 3 rings (SSSR count). The molecule has 1 unspecified atom stereocenters. The van der Waals surface area contributed by atoms with Crippen molar-refractivity contribution in [2.75, 3.05) is 13.2 Å². The molecule has 286 valence electrons. The molecule has 0 aliphatic carbocycles. The van der Waals surface area contributed by atoms with Gasteiger partial charge in [-0.05, 0) is 73.6 Å². The molecular formula is C42H52O11. The van der Waals surface area contributed by atoms with Gasteiger partial charge in [0.25, 0.3) is 0 Å². The van der Waals surface area contributed by atoms with Crippen molar-refractivity contribution in [3.63, 3.8) is 0 Å². The van der Waals surface area contributed by atoms with Crippen molar-refractivity contribution in [1.29, 1.82) is 0 Å². The number of hydrogen-bond acceptors (Lipinski definition) is 9. The summed E-state index contributed by atoms with van der Waals surface area (Å²) in [5, 5.41) is 31.2. The van der Waals surface area contributed by atoms with E-state index in [1.807, 2.05) is 48.5 Å². The summed E-state index contributed by atoms with van der Waals surface area (Å²) in [5.74, 6) is -3.35. The van der Waals surface area contributed by atoms with Crippen molar-refractivity contribution in [3.05, 3.63) is 108 Å². The van der Waals surface area contributed by atoms with E-state index in [9.17, 15) is 34.2 Å². The minimum atomic E-state index is -1.07. The van der Waals surface area contributed by atoms with Gasteiger partial charge in [0.1, 0.15) is 19.8 Å². The van der Waals surface area contributed by atoms with Gasteiger partial charge in [0.05, 0.1) is 6.10 Å². The van der Waals surface area contributed by atoms with Gasteiger partial charge in [-0.25, -0.2) is 19.2 Å². The first-order valence-corrected chi connectivity index (χ1v) is 17.3. The largest absolute Gasteiger partial charge is 0.478 e. The predicted octanol–water partition coefficient (Wildman–Crippen LogP) is 8.03. The van der Waals surface area contributed by atoms with Crippen molar-refractivity contribution in [3.8, 4) is 0 Å². The number of allylic oxidation sites excluding steroid dienone is 1. The minimum Gasteiger partial charge on any atom is -0.478 e. The van der Waals surface area contributed by atoms with E-state index in [2.05, 4.69) is 42.2 Å². The van der Waals surface area contributed by atoms with E-state index < -0.39 is 30.0 Å². The number of aliphatic hydroxyl groups is 1. The lowest BCUT2D eigenvalue weighted by molar-refractivity contribution is -0.148. The summed E-state index contributed by atoms with van der Waals surface area (Å²) in [6.07, 6.45) is 5.29. The number of unbranched alkanes of at least 4 members (excludes halogenated alkanes) is 2. The third-order valence-electron chi connectivity index (χ3n) is 7.57. The summed E-state index contributed by atoms with van der Waals surface area (Å²) in [6.45, 7) is 17.4. The van der Waals surface area contributed by atoms with Gasteiger partial charge in [-0.3, -0.25) is 4.79 Å². The van der Waals surface area contributed by atoms with Gasteiger partial charge >= 0.3 is 29.8 Å². The zero-order valence-electron chi connectivity index (χ0n) is 31.2. The third-order valence-corrected chi connectivity index (χ3v) is 7.57. The second kappa shape index (κ2) is 24.6. The Balaban J connectivity index is 0.000000524. The molecule has 0 saturated heterocycles. The second-order valence-corrected chi connectivity index (χ2v) is 12.2. The standard InChI is InChI=1S/C26H26O5.C8H12O4.C8H14O2/c1-17(11-13-19(25(28)29)14-12-18(2)27)26(30)31-16-24-22-9-5-3-7-20(22)15-21-8-4-6-10-23(21)24;1-6(2)8(10)12-5-4-11-7(3)9;1-3-4-5-6-7(2)8(9)10/h3-10,13,15,18,27H,1,11-12,14,16H2,2H3,(H,28,29);1,4-5H2,2-3H3;2-6H2,1H3,(H,9,10). The van der Waals surface area contributed by atoms with E-state index in [1.54, 1.807) is 13.8 Å². The number of hydrogen-bond donors (Lipinski definition) is 3. The first-order valence-electron chi connectivity index (χ1n) is 17.3. The molecule has 0 saturated carbocycles. The van der Waals surface area contributed by atoms with Gasteiger partial charge in [0.15, 0.2) is 0 Å². The number of carbonyl (C=O) groups excluding carboxylic acids is 3. The van der Waals surface area contributed by atoms with Crippen LogP contribution >= 0.6 is 0 Å². The van der Waals surface area contributed by atoms with Crippen LogP contribution in [0.15, 0.2) is 103 Å². The maximum Gasteiger partial charge on any atom is 0.334 e. The van der Waals surface area contributed by atoms with Crippen LogP contribution in [0.5, 0.6) is 0 Å². The molecule has 0 aliphatic rings. The molecule has 3 N–H and O–H groups in total. The second-order valence-electron chi connectivity index (χ2n) is 12.2. The quantitative estimate of drug-likeness (QED) is 0.0380. The van der Waals surface area contributed by atoms with Crippen molar-refractivity contribution < 1.29 is 53.5 Å². The lowest BCUT2D eigenvalue weighted by Gasteiger charge is -2.13. The predicted molar refractivity (Wildman–Crippen MR) is 205 cm³/mol. The average molecular weight is 733 g/mol. The van der Waals surface area contributed by atoms with Crippen LogP contribution < -0.4 is 0 Å². The molecule has 0 aromatic heterocycles. The van der Waals surface area contributed by atoms with Crippen LogP contribution in [0.1, 0.15) is 78.2 Å². The van der Waals surface area contributed by atoms with E-state index in [-0.39, 0.29) is 49.8 Å². The fourth-order valence-electron chi connectivity index (χ4n) is 4.63. The van der Waals surface area contributed by atoms with E-state index in [0.29, 0.717) is 24.0 Å². The summed E-state index contributed by atoms with van der Waals surface area (Å²) < 4.78 is 14.7. The Hall–Kier alpha value is -5.55. The van der Waals surface area contributed by atoms with Gasteiger partial charge in [-0.15, -0.1) is 0 Å². The maximum atomic E-state index is 12.5.